The van der Waals surface area contributed by atoms with E-state index in [-0.39, 0.29) is 0 Å². The molecule has 0 aromatic carbocycles. The molecule has 0 bridgehead atoms. The third kappa shape index (κ3) is 4.28. The van der Waals surface area contributed by atoms with Crippen LogP contribution in [0.4, 0.5) is 0 Å². The molecule has 84 valence electrons. The highest BCUT2D eigenvalue weighted by Crippen LogP contribution is 2.28. The van der Waals surface area contributed by atoms with Crippen molar-refractivity contribution in [1.82, 2.24) is 4.90 Å². The van der Waals surface area contributed by atoms with Crippen LogP contribution in [-0.2, 0) is 0 Å². The van der Waals surface area contributed by atoms with E-state index in [4.69, 9.17) is 0 Å². The molecule has 0 spiro atoms. The number of likely N-dealkylation sites (N-methyl/N-ethyl adjacent to an activating group) is 1. The Labute approximate surface area is 90.2 Å². The van der Waals surface area contributed by atoms with E-state index < -0.39 is 0 Å². The molecule has 1 rings (SSSR count). The summed E-state index contributed by atoms with van der Waals surface area (Å²) in [6.07, 6.45) is 3.66. The standard InChI is InChI=1S/C11H21N.C2H6/c1-5-12-8-6-7-10(9-12)11(2,3)4;1-2/h7H,5-6,8-9H2,1-4H3;1-2H3. The summed E-state index contributed by atoms with van der Waals surface area (Å²) in [6, 6.07) is 0. The van der Waals surface area contributed by atoms with Gasteiger partial charge in [-0.05, 0) is 18.4 Å². The molecule has 1 heterocycles. The average molecular weight is 197 g/mol. The van der Waals surface area contributed by atoms with Gasteiger partial charge in [-0.2, -0.15) is 0 Å². The molecule has 0 atom stereocenters. The van der Waals surface area contributed by atoms with Crippen LogP contribution in [0.1, 0.15) is 48.0 Å². The molecule has 0 saturated heterocycles. The Bertz CT molecular complexity index is 174. The lowest BCUT2D eigenvalue weighted by atomic mass is 9.84. The quantitative estimate of drug-likeness (QED) is 0.579. The highest BCUT2D eigenvalue weighted by molar-refractivity contribution is 5.15. The predicted molar refractivity (Wildman–Crippen MR) is 65.6 cm³/mol. The van der Waals surface area contributed by atoms with Crippen molar-refractivity contribution in [2.75, 3.05) is 19.6 Å². The van der Waals surface area contributed by atoms with Gasteiger partial charge in [0.1, 0.15) is 0 Å². The SMILES string of the molecule is CC.CCN1CCC=C(C(C)(C)C)C1. The Balaban J connectivity index is 0.000000791. The van der Waals surface area contributed by atoms with Crippen LogP contribution in [0.2, 0.25) is 0 Å². The highest BCUT2D eigenvalue weighted by Gasteiger charge is 2.21. The molecular weight excluding hydrogens is 170 g/mol. The Hall–Kier alpha value is -0.300. The maximum absolute atomic E-state index is 2.51. The van der Waals surface area contributed by atoms with Gasteiger partial charge in [-0.3, -0.25) is 4.90 Å². The molecule has 1 aliphatic rings. The highest BCUT2D eigenvalue weighted by atomic mass is 15.1. The third-order valence-corrected chi connectivity index (χ3v) is 2.64. The maximum atomic E-state index is 2.51. The minimum Gasteiger partial charge on any atom is -0.299 e. The molecule has 0 aromatic heterocycles. The molecule has 0 radical (unpaired) electrons. The van der Waals surface area contributed by atoms with Gasteiger partial charge in [0.05, 0.1) is 0 Å². The van der Waals surface area contributed by atoms with Crippen molar-refractivity contribution in [3.05, 3.63) is 11.6 Å². The fraction of sp³-hybridized carbons (Fsp3) is 0.846. The molecule has 0 aromatic rings. The normalized spacial score (nSPS) is 18.3. The van der Waals surface area contributed by atoms with Crippen molar-refractivity contribution < 1.29 is 0 Å². The van der Waals surface area contributed by atoms with Gasteiger partial charge < -0.3 is 0 Å². The molecule has 0 saturated carbocycles. The Morgan fingerprint density at radius 2 is 1.86 bits per heavy atom. The minimum absolute atomic E-state index is 0.369. The van der Waals surface area contributed by atoms with Crippen LogP contribution in [0.5, 0.6) is 0 Å². The maximum Gasteiger partial charge on any atom is 0.0198 e. The number of hydrogen-bond acceptors (Lipinski definition) is 1. The zero-order chi connectivity index (χ0) is 11.2. The van der Waals surface area contributed by atoms with Gasteiger partial charge in [-0.1, -0.05) is 53.2 Å². The first kappa shape index (κ1) is 13.7. The van der Waals surface area contributed by atoms with Crippen LogP contribution in [0, 0.1) is 5.41 Å². The Morgan fingerprint density at radius 3 is 2.29 bits per heavy atom. The Kier molecular flexibility index (Phi) is 6.10. The lowest BCUT2D eigenvalue weighted by Crippen LogP contribution is -2.33. The first-order chi connectivity index (χ1) is 6.54. The van der Waals surface area contributed by atoms with Gasteiger partial charge in [-0.25, -0.2) is 0 Å². The van der Waals surface area contributed by atoms with E-state index >= 15 is 0 Å². The van der Waals surface area contributed by atoms with Crippen LogP contribution in [0.15, 0.2) is 11.6 Å². The van der Waals surface area contributed by atoms with E-state index in [1.807, 2.05) is 13.8 Å². The minimum atomic E-state index is 0.369. The van der Waals surface area contributed by atoms with Crippen LogP contribution < -0.4 is 0 Å². The molecule has 1 heteroatoms. The molecule has 0 aliphatic carbocycles. The summed E-state index contributed by atoms with van der Waals surface area (Å²) in [5.74, 6) is 0. The second kappa shape index (κ2) is 6.23. The van der Waals surface area contributed by atoms with Crippen molar-refractivity contribution in [3.8, 4) is 0 Å². The molecule has 0 unspecified atom stereocenters. The lowest BCUT2D eigenvalue weighted by Gasteiger charge is -2.32. The zero-order valence-electron chi connectivity index (χ0n) is 10.9. The second-order valence-corrected chi connectivity index (χ2v) is 4.64. The summed E-state index contributed by atoms with van der Waals surface area (Å²) in [5.41, 5.74) is 1.98. The number of hydrogen-bond donors (Lipinski definition) is 0. The van der Waals surface area contributed by atoms with E-state index in [1.54, 1.807) is 5.57 Å². The van der Waals surface area contributed by atoms with Gasteiger partial charge in [0.2, 0.25) is 0 Å². The second-order valence-electron chi connectivity index (χ2n) is 4.64. The lowest BCUT2D eigenvalue weighted by molar-refractivity contribution is 0.279. The topological polar surface area (TPSA) is 3.24 Å². The molecule has 0 fully saturated rings. The van der Waals surface area contributed by atoms with E-state index in [1.165, 1.54) is 26.1 Å². The van der Waals surface area contributed by atoms with Gasteiger partial charge in [-0.15, -0.1) is 0 Å². The number of nitrogens with zero attached hydrogens (tertiary/aromatic N) is 1. The van der Waals surface area contributed by atoms with Crippen molar-refractivity contribution in [2.24, 2.45) is 5.41 Å². The van der Waals surface area contributed by atoms with Crippen molar-refractivity contribution in [2.45, 2.75) is 48.0 Å². The van der Waals surface area contributed by atoms with Crippen molar-refractivity contribution in [1.29, 1.82) is 0 Å². The molecule has 1 aliphatic heterocycles. The first-order valence-corrected chi connectivity index (χ1v) is 5.96. The predicted octanol–water partition coefficient (Wildman–Crippen LogP) is 3.71. The summed E-state index contributed by atoms with van der Waals surface area (Å²) in [5, 5.41) is 0. The third-order valence-electron chi connectivity index (χ3n) is 2.64. The van der Waals surface area contributed by atoms with Gasteiger partial charge in [0, 0.05) is 13.1 Å². The van der Waals surface area contributed by atoms with Crippen LogP contribution in [0.3, 0.4) is 0 Å². The van der Waals surface area contributed by atoms with Gasteiger partial charge in [0.15, 0.2) is 0 Å². The summed E-state index contributed by atoms with van der Waals surface area (Å²) < 4.78 is 0. The van der Waals surface area contributed by atoms with Crippen LogP contribution in [-0.4, -0.2) is 24.5 Å². The molecule has 0 amide bonds. The molecular formula is C13H27N. The number of rotatable bonds is 1. The summed E-state index contributed by atoms with van der Waals surface area (Å²) >= 11 is 0. The van der Waals surface area contributed by atoms with Gasteiger partial charge in [0.25, 0.3) is 0 Å². The van der Waals surface area contributed by atoms with E-state index in [0.717, 1.165) is 0 Å². The summed E-state index contributed by atoms with van der Waals surface area (Å²) in [6.45, 7) is 16.8. The Morgan fingerprint density at radius 1 is 1.29 bits per heavy atom. The fourth-order valence-corrected chi connectivity index (χ4v) is 1.62. The molecule has 0 N–H and O–H groups in total. The van der Waals surface area contributed by atoms with Crippen LogP contribution >= 0.6 is 0 Å². The largest absolute Gasteiger partial charge is 0.299 e. The molecule has 14 heavy (non-hydrogen) atoms. The van der Waals surface area contributed by atoms with Crippen LogP contribution in [0.25, 0.3) is 0 Å². The van der Waals surface area contributed by atoms with E-state index in [0.29, 0.717) is 5.41 Å². The smallest absolute Gasteiger partial charge is 0.0198 e. The van der Waals surface area contributed by atoms with Crippen molar-refractivity contribution in [3.63, 3.8) is 0 Å². The zero-order valence-corrected chi connectivity index (χ0v) is 10.9. The van der Waals surface area contributed by atoms with E-state index in [2.05, 4.69) is 38.7 Å². The van der Waals surface area contributed by atoms with Gasteiger partial charge >= 0.3 is 0 Å². The fourth-order valence-electron chi connectivity index (χ4n) is 1.62. The first-order valence-electron chi connectivity index (χ1n) is 5.96. The molecule has 1 nitrogen and oxygen atoms in total. The van der Waals surface area contributed by atoms with Crippen molar-refractivity contribution >= 4 is 0 Å². The summed E-state index contributed by atoms with van der Waals surface area (Å²) in [4.78, 5) is 2.51. The summed E-state index contributed by atoms with van der Waals surface area (Å²) in [7, 11) is 0. The monoisotopic (exact) mass is 197 g/mol. The van der Waals surface area contributed by atoms with E-state index in [9.17, 15) is 0 Å². The average Bonchev–Trinajstić information content (AvgIpc) is 2.20.